The van der Waals surface area contributed by atoms with Gasteiger partial charge < -0.3 is 28.8 Å². The molecule has 3 fully saturated rings. The van der Waals surface area contributed by atoms with Crippen LogP contribution in [0.3, 0.4) is 0 Å². The van der Waals surface area contributed by atoms with Crippen LogP contribution in [0, 0.1) is 17.3 Å². The summed E-state index contributed by atoms with van der Waals surface area (Å²) >= 11 is 0. The lowest BCUT2D eigenvalue weighted by Crippen LogP contribution is -2.69. The molecule has 0 radical (unpaired) electrons. The second kappa shape index (κ2) is 9.13. The number of fused-ring (bicyclic) bond motifs is 3. The molecule has 0 unspecified atom stereocenters. The summed E-state index contributed by atoms with van der Waals surface area (Å²) in [6.45, 7) is 9.38. The maximum absolute atomic E-state index is 12.8. The first kappa shape index (κ1) is 26.6. The molecule has 2 aliphatic carbocycles. The molecule has 1 spiro atoms. The molecule has 4 rings (SSSR count). The molecule has 2 heterocycles. The highest BCUT2D eigenvalue weighted by Gasteiger charge is 2.74. The van der Waals surface area contributed by atoms with Crippen LogP contribution in [-0.2, 0) is 42.9 Å². The van der Waals surface area contributed by atoms with Gasteiger partial charge in [0.25, 0.3) is 0 Å². The molecule has 2 aliphatic heterocycles. The van der Waals surface area contributed by atoms with Crippen LogP contribution in [0.1, 0.15) is 67.2 Å². The average Bonchev–Trinajstić information content (AvgIpc) is 3.50. The van der Waals surface area contributed by atoms with Gasteiger partial charge in [0.2, 0.25) is 0 Å². The van der Waals surface area contributed by atoms with Gasteiger partial charge in [0, 0.05) is 26.7 Å². The van der Waals surface area contributed by atoms with Crippen LogP contribution in [0.4, 0.5) is 0 Å². The second-order valence-corrected chi connectivity index (χ2v) is 11.0. The van der Waals surface area contributed by atoms with Crippen molar-refractivity contribution >= 4 is 23.9 Å². The number of carbonyl (C=O) groups excluding carboxylic acids is 4. The maximum atomic E-state index is 12.8. The average molecular weight is 509 g/mol. The van der Waals surface area contributed by atoms with E-state index in [4.69, 9.17) is 23.7 Å². The number of esters is 4. The van der Waals surface area contributed by atoms with E-state index in [9.17, 15) is 24.3 Å². The number of epoxide rings is 1. The molecule has 4 aliphatic rings. The molecule has 2 saturated heterocycles. The molecule has 36 heavy (non-hydrogen) atoms. The standard InChI is InChI=1S/C26H36O10/c1-13-7-8-18(33-15(3)27)24(6)19(34-16(4)28)9-10-25(12-32-25)21(24)22(35-17(5)29)26(31)14(2)23(30)36-20(26)11-13/h11,14,18-22,31H,7-10,12H2,1-6H3/b13-11-/t14-,18-,19-,20-,21+,22+,24-,25-,26-/m0/s1. The molecule has 0 aromatic heterocycles. The van der Waals surface area contributed by atoms with E-state index in [0.29, 0.717) is 32.3 Å². The van der Waals surface area contributed by atoms with Crippen LogP contribution in [0.2, 0.25) is 0 Å². The Hall–Kier alpha value is -2.46. The summed E-state index contributed by atoms with van der Waals surface area (Å²) in [4.78, 5) is 49.8. The van der Waals surface area contributed by atoms with Crippen molar-refractivity contribution in [2.75, 3.05) is 6.61 Å². The zero-order valence-corrected chi connectivity index (χ0v) is 21.7. The number of carbonyl (C=O) groups is 4. The molecule has 0 aromatic carbocycles. The van der Waals surface area contributed by atoms with E-state index in [2.05, 4.69) is 0 Å². The highest BCUT2D eigenvalue weighted by molar-refractivity contribution is 5.77. The molecule has 10 heteroatoms. The summed E-state index contributed by atoms with van der Waals surface area (Å²) in [6, 6.07) is 0. The largest absolute Gasteiger partial charge is 0.462 e. The lowest BCUT2D eigenvalue weighted by molar-refractivity contribution is -0.242. The number of ether oxygens (including phenoxy) is 5. The molecule has 1 N–H and O–H groups in total. The Bertz CT molecular complexity index is 983. The second-order valence-electron chi connectivity index (χ2n) is 11.0. The maximum Gasteiger partial charge on any atom is 0.312 e. The summed E-state index contributed by atoms with van der Waals surface area (Å²) in [5.41, 5.74) is -3.09. The van der Waals surface area contributed by atoms with E-state index in [-0.39, 0.29) is 0 Å². The summed E-state index contributed by atoms with van der Waals surface area (Å²) in [6.07, 6.45) is -0.416. The van der Waals surface area contributed by atoms with Crippen LogP contribution >= 0.6 is 0 Å². The quantitative estimate of drug-likeness (QED) is 0.261. The van der Waals surface area contributed by atoms with Crippen LogP contribution in [0.5, 0.6) is 0 Å². The first-order chi connectivity index (χ1) is 16.8. The minimum Gasteiger partial charge on any atom is -0.462 e. The Kier molecular flexibility index (Phi) is 6.75. The topological polar surface area (TPSA) is 138 Å². The van der Waals surface area contributed by atoms with Crippen molar-refractivity contribution in [3.8, 4) is 0 Å². The van der Waals surface area contributed by atoms with E-state index in [1.807, 2.05) is 13.8 Å². The molecule has 10 nitrogen and oxygen atoms in total. The normalized spacial score (nSPS) is 45.3. The molecule has 200 valence electrons. The first-order valence-corrected chi connectivity index (χ1v) is 12.5. The number of rotatable bonds is 3. The first-order valence-electron chi connectivity index (χ1n) is 12.5. The van der Waals surface area contributed by atoms with Gasteiger partial charge in [-0.05, 0) is 45.6 Å². The Morgan fingerprint density at radius 2 is 1.58 bits per heavy atom. The van der Waals surface area contributed by atoms with Crippen molar-refractivity contribution in [2.24, 2.45) is 17.3 Å². The summed E-state index contributed by atoms with van der Waals surface area (Å²) in [5, 5.41) is 12.3. The molecular weight excluding hydrogens is 472 g/mol. The van der Waals surface area contributed by atoms with Crippen molar-refractivity contribution in [2.45, 2.75) is 103 Å². The predicted molar refractivity (Wildman–Crippen MR) is 123 cm³/mol. The fourth-order valence-corrected chi connectivity index (χ4v) is 6.76. The zero-order chi connectivity index (χ0) is 26.6. The lowest BCUT2D eigenvalue weighted by Gasteiger charge is -2.56. The van der Waals surface area contributed by atoms with Crippen LogP contribution in [0.15, 0.2) is 11.6 Å². The number of aliphatic hydroxyl groups is 1. The van der Waals surface area contributed by atoms with E-state index in [0.717, 1.165) is 5.57 Å². The van der Waals surface area contributed by atoms with Crippen molar-refractivity contribution in [3.63, 3.8) is 0 Å². The summed E-state index contributed by atoms with van der Waals surface area (Å²) < 4.78 is 29.2. The van der Waals surface area contributed by atoms with Crippen LogP contribution in [-0.4, -0.2) is 71.2 Å². The third kappa shape index (κ3) is 4.22. The summed E-state index contributed by atoms with van der Waals surface area (Å²) in [7, 11) is 0. The number of hydrogen-bond acceptors (Lipinski definition) is 10. The van der Waals surface area contributed by atoms with Gasteiger partial charge in [0.15, 0.2) is 11.7 Å². The van der Waals surface area contributed by atoms with Gasteiger partial charge in [0.1, 0.15) is 18.3 Å². The third-order valence-electron chi connectivity index (χ3n) is 8.62. The van der Waals surface area contributed by atoms with E-state index in [1.165, 1.54) is 20.8 Å². The minimum absolute atomic E-state index is 0.323. The number of hydrogen-bond donors (Lipinski definition) is 1. The SMILES string of the molecule is CC(=O)O[C@H]1CC/C(C)=C\[C@@H]2OC(=O)[C@H](C)[C@@]2(O)[C@H](OC(C)=O)[C@H]2[C@]3(CC[C@H](OC(C)=O)[C@]12C)CO3. The highest BCUT2D eigenvalue weighted by atomic mass is 16.6. The minimum atomic E-state index is -1.94. The van der Waals surface area contributed by atoms with Crippen molar-refractivity contribution < 1.29 is 48.0 Å². The van der Waals surface area contributed by atoms with Gasteiger partial charge in [-0.3, -0.25) is 19.2 Å². The third-order valence-corrected chi connectivity index (χ3v) is 8.62. The Morgan fingerprint density at radius 3 is 2.11 bits per heavy atom. The Morgan fingerprint density at radius 1 is 1.03 bits per heavy atom. The predicted octanol–water partition coefficient (Wildman–Crippen LogP) is 2.00. The van der Waals surface area contributed by atoms with E-state index < -0.39 is 76.7 Å². The monoisotopic (exact) mass is 508 g/mol. The van der Waals surface area contributed by atoms with Gasteiger partial charge in [-0.1, -0.05) is 12.5 Å². The lowest BCUT2D eigenvalue weighted by atomic mass is 9.52. The van der Waals surface area contributed by atoms with E-state index in [1.54, 1.807) is 13.0 Å². The summed E-state index contributed by atoms with van der Waals surface area (Å²) in [5.74, 6) is -4.10. The molecule has 0 bridgehead atoms. The molecule has 1 saturated carbocycles. The zero-order valence-electron chi connectivity index (χ0n) is 21.7. The number of allylic oxidation sites excluding steroid dienone is 1. The van der Waals surface area contributed by atoms with Crippen molar-refractivity contribution in [1.82, 2.24) is 0 Å². The fourth-order valence-electron chi connectivity index (χ4n) is 6.76. The van der Waals surface area contributed by atoms with Gasteiger partial charge in [-0.2, -0.15) is 0 Å². The van der Waals surface area contributed by atoms with E-state index >= 15 is 0 Å². The molecular formula is C26H36O10. The fraction of sp³-hybridized carbons (Fsp3) is 0.769. The van der Waals surface area contributed by atoms with Crippen LogP contribution in [0.25, 0.3) is 0 Å². The molecule has 0 amide bonds. The highest BCUT2D eigenvalue weighted by Crippen LogP contribution is 2.62. The molecule has 0 aromatic rings. The molecule has 9 atom stereocenters. The van der Waals surface area contributed by atoms with Gasteiger partial charge in [-0.15, -0.1) is 0 Å². The van der Waals surface area contributed by atoms with Gasteiger partial charge in [0.05, 0.1) is 23.5 Å². The van der Waals surface area contributed by atoms with Crippen LogP contribution < -0.4 is 0 Å². The van der Waals surface area contributed by atoms with Gasteiger partial charge >= 0.3 is 23.9 Å². The Balaban J connectivity index is 2.00. The smallest absolute Gasteiger partial charge is 0.312 e. The van der Waals surface area contributed by atoms with Gasteiger partial charge in [-0.25, -0.2) is 0 Å². The van der Waals surface area contributed by atoms with Crippen molar-refractivity contribution in [3.05, 3.63) is 11.6 Å². The Labute approximate surface area is 210 Å². The van der Waals surface area contributed by atoms with Crippen molar-refractivity contribution in [1.29, 1.82) is 0 Å².